The lowest BCUT2D eigenvalue weighted by Crippen LogP contribution is -2.44. The van der Waals surface area contributed by atoms with Gasteiger partial charge in [-0.25, -0.2) is 9.59 Å². The lowest BCUT2D eigenvalue weighted by atomic mass is 10.2. The second kappa shape index (κ2) is 10.5. The largest absolute Gasteiger partial charge is 0.467 e. The van der Waals surface area contributed by atoms with Crippen LogP contribution in [-0.4, -0.2) is 50.4 Å². The van der Waals surface area contributed by atoms with Crippen LogP contribution in [0, 0.1) is 6.92 Å². The number of esters is 1. The van der Waals surface area contributed by atoms with E-state index in [0.717, 1.165) is 7.11 Å². The van der Waals surface area contributed by atoms with E-state index < -0.39 is 36.6 Å². The van der Waals surface area contributed by atoms with Crippen LogP contribution in [0.2, 0.25) is 0 Å². The SMILES string of the molecule is COC(=O)C(OCCCCn1cc(C)c(=O)n(C(=O)c2ccccc2)c1=O)P(=O)(O)O. The lowest BCUT2D eigenvalue weighted by molar-refractivity contribution is -0.149. The zero-order chi connectivity index (χ0) is 23.2. The fraction of sp³-hybridized carbons (Fsp3) is 0.368. The van der Waals surface area contributed by atoms with Crippen molar-refractivity contribution in [2.45, 2.75) is 32.2 Å². The molecule has 1 aromatic heterocycles. The summed E-state index contributed by atoms with van der Waals surface area (Å²) >= 11 is 0. The number of rotatable bonds is 9. The molecule has 0 radical (unpaired) electrons. The molecule has 31 heavy (non-hydrogen) atoms. The number of ether oxygens (including phenoxy) is 2. The van der Waals surface area contributed by atoms with Gasteiger partial charge < -0.3 is 19.3 Å². The van der Waals surface area contributed by atoms with Crippen LogP contribution in [-0.2, 0) is 25.4 Å². The third-order valence-corrected chi connectivity index (χ3v) is 5.30. The van der Waals surface area contributed by atoms with Gasteiger partial charge in [-0.2, -0.15) is 4.57 Å². The van der Waals surface area contributed by atoms with Crippen molar-refractivity contribution < 1.29 is 33.4 Å². The number of aryl methyl sites for hydroxylation is 2. The molecule has 2 aromatic rings. The molecule has 1 atom stereocenters. The standard InChI is InChI=1S/C19H23N2O9P/c1-13-12-20(10-6-7-11-30-18(17(24)29-2)31(26,27)28)19(25)21(15(13)22)16(23)14-8-4-3-5-9-14/h3-5,8-9,12,18H,6-7,10-11H2,1-2H3,(H2,26,27,28). The minimum Gasteiger partial charge on any atom is -0.467 e. The van der Waals surface area contributed by atoms with E-state index in [2.05, 4.69) is 4.74 Å². The van der Waals surface area contributed by atoms with E-state index in [4.69, 9.17) is 14.5 Å². The van der Waals surface area contributed by atoms with E-state index in [1.165, 1.54) is 29.8 Å². The van der Waals surface area contributed by atoms with E-state index >= 15 is 0 Å². The molecule has 168 valence electrons. The van der Waals surface area contributed by atoms with Gasteiger partial charge >= 0.3 is 19.3 Å². The quantitative estimate of drug-likeness (QED) is 0.313. The second-order valence-electron chi connectivity index (χ2n) is 6.64. The average Bonchev–Trinajstić information content (AvgIpc) is 2.73. The van der Waals surface area contributed by atoms with Gasteiger partial charge in [-0.15, -0.1) is 0 Å². The molecular weight excluding hydrogens is 431 g/mol. The van der Waals surface area contributed by atoms with Crippen molar-refractivity contribution in [2.24, 2.45) is 0 Å². The molecule has 12 heteroatoms. The smallest absolute Gasteiger partial charge is 0.365 e. The molecule has 0 saturated carbocycles. The zero-order valence-electron chi connectivity index (χ0n) is 17.0. The molecule has 0 aliphatic rings. The Balaban J connectivity index is 2.10. The summed E-state index contributed by atoms with van der Waals surface area (Å²) < 4.78 is 22.4. The summed E-state index contributed by atoms with van der Waals surface area (Å²) in [5, 5.41) is 0. The highest BCUT2D eigenvalue weighted by molar-refractivity contribution is 7.53. The summed E-state index contributed by atoms with van der Waals surface area (Å²) in [5.74, 6) is -3.95. The number of aromatic nitrogens is 2. The number of hydrogen-bond donors (Lipinski definition) is 2. The maximum absolute atomic E-state index is 12.7. The molecular formula is C19H23N2O9P. The first kappa shape index (κ1) is 24.4. The number of benzene rings is 1. The molecule has 0 fully saturated rings. The van der Waals surface area contributed by atoms with Gasteiger partial charge in [0.2, 0.25) is 0 Å². The third-order valence-electron chi connectivity index (χ3n) is 4.33. The molecule has 1 unspecified atom stereocenters. The Labute approximate surface area is 177 Å². The van der Waals surface area contributed by atoms with Gasteiger partial charge in [0.1, 0.15) is 0 Å². The maximum atomic E-state index is 12.7. The molecule has 2 rings (SSSR count). The highest BCUT2D eigenvalue weighted by Gasteiger charge is 2.37. The first-order valence-electron chi connectivity index (χ1n) is 9.25. The minimum atomic E-state index is -4.85. The summed E-state index contributed by atoms with van der Waals surface area (Å²) in [7, 11) is -3.87. The Morgan fingerprint density at radius 1 is 1.13 bits per heavy atom. The van der Waals surface area contributed by atoms with E-state index in [-0.39, 0.29) is 30.7 Å². The van der Waals surface area contributed by atoms with Crippen LogP contribution in [0.1, 0.15) is 28.8 Å². The average molecular weight is 454 g/mol. The van der Waals surface area contributed by atoms with Crippen LogP contribution < -0.4 is 11.2 Å². The third kappa shape index (κ3) is 6.08. The van der Waals surface area contributed by atoms with Crippen molar-refractivity contribution in [3.05, 3.63) is 68.5 Å². The summed E-state index contributed by atoms with van der Waals surface area (Å²) in [4.78, 5) is 67.5. The fourth-order valence-corrected chi connectivity index (χ4v) is 3.45. The fourth-order valence-electron chi connectivity index (χ4n) is 2.77. The molecule has 11 nitrogen and oxygen atoms in total. The van der Waals surface area contributed by atoms with Crippen LogP contribution in [0.4, 0.5) is 0 Å². The van der Waals surface area contributed by atoms with Crippen LogP contribution in [0.15, 0.2) is 46.1 Å². The zero-order valence-corrected chi connectivity index (χ0v) is 17.9. The Bertz CT molecular complexity index is 1100. The Morgan fingerprint density at radius 2 is 1.77 bits per heavy atom. The Morgan fingerprint density at radius 3 is 2.35 bits per heavy atom. The molecule has 1 aromatic carbocycles. The Kier molecular flexibility index (Phi) is 8.23. The van der Waals surface area contributed by atoms with E-state index in [0.29, 0.717) is 11.0 Å². The normalized spacial score (nSPS) is 12.4. The first-order valence-corrected chi connectivity index (χ1v) is 10.9. The van der Waals surface area contributed by atoms with Gasteiger partial charge in [-0.1, -0.05) is 18.2 Å². The highest BCUT2D eigenvalue weighted by Crippen LogP contribution is 2.42. The summed E-state index contributed by atoms with van der Waals surface area (Å²) in [6.07, 6.45) is 1.89. The number of methoxy groups -OCH3 is 1. The molecule has 0 bridgehead atoms. The van der Waals surface area contributed by atoms with Gasteiger partial charge in [0.05, 0.1) is 7.11 Å². The summed E-state index contributed by atoms with van der Waals surface area (Å²) in [5.41, 5.74) is -1.11. The predicted molar refractivity (Wildman–Crippen MR) is 109 cm³/mol. The van der Waals surface area contributed by atoms with Crippen LogP contribution >= 0.6 is 7.60 Å². The Hall–Kier alpha value is -2.85. The van der Waals surface area contributed by atoms with Gasteiger partial charge in [0.15, 0.2) is 0 Å². The van der Waals surface area contributed by atoms with E-state index in [1.807, 2.05) is 0 Å². The minimum absolute atomic E-state index is 0.115. The lowest BCUT2D eigenvalue weighted by Gasteiger charge is -2.16. The predicted octanol–water partition coefficient (Wildman–Crippen LogP) is 0.481. The van der Waals surface area contributed by atoms with Crippen molar-refractivity contribution >= 4 is 19.5 Å². The number of carbonyl (C=O) groups is 2. The van der Waals surface area contributed by atoms with Crippen LogP contribution in [0.25, 0.3) is 0 Å². The van der Waals surface area contributed by atoms with Crippen molar-refractivity contribution in [3.63, 3.8) is 0 Å². The molecule has 0 saturated heterocycles. The van der Waals surface area contributed by atoms with Gasteiger partial charge in [-0.05, 0) is 31.9 Å². The van der Waals surface area contributed by atoms with E-state index in [9.17, 15) is 23.7 Å². The van der Waals surface area contributed by atoms with Gasteiger partial charge in [0, 0.05) is 30.5 Å². The topological polar surface area (TPSA) is 154 Å². The molecule has 2 N–H and O–H groups in total. The molecule has 0 spiro atoms. The van der Waals surface area contributed by atoms with Crippen LogP contribution in [0.3, 0.4) is 0 Å². The number of unbranched alkanes of at least 4 members (excludes halogenated alkanes) is 1. The van der Waals surface area contributed by atoms with Crippen molar-refractivity contribution in [1.82, 2.24) is 9.13 Å². The number of carbonyl (C=O) groups excluding carboxylic acids is 2. The molecule has 0 aliphatic heterocycles. The second-order valence-corrected chi connectivity index (χ2v) is 8.29. The van der Waals surface area contributed by atoms with Crippen molar-refractivity contribution in [3.8, 4) is 0 Å². The van der Waals surface area contributed by atoms with Crippen molar-refractivity contribution in [2.75, 3.05) is 13.7 Å². The van der Waals surface area contributed by atoms with E-state index in [1.54, 1.807) is 18.2 Å². The maximum Gasteiger partial charge on any atom is 0.365 e. The summed E-state index contributed by atoms with van der Waals surface area (Å²) in [6, 6.07) is 7.93. The molecule has 0 amide bonds. The highest BCUT2D eigenvalue weighted by atomic mass is 31.2. The first-order chi connectivity index (χ1) is 14.6. The number of nitrogens with zero attached hydrogens (tertiary/aromatic N) is 2. The monoisotopic (exact) mass is 454 g/mol. The van der Waals surface area contributed by atoms with Crippen LogP contribution in [0.5, 0.6) is 0 Å². The molecule has 0 aliphatic carbocycles. The summed E-state index contributed by atoms with van der Waals surface area (Å²) in [6.45, 7) is 1.42. The van der Waals surface area contributed by atoms with Gasteiger partial charge in [-0.3, -0.25) is 18.7 Å². The van der Waals surface area contributed by atoms with Gasteiger partial charge in [0.25, 0.3) is 17.3 Å². The molecule has 1 heterocycles. The van der Waals surface area contributed by atoms with Crippen molar-refractivity contribution in [1.29, 1.82) is 0 Å². The number of hydrogen-bond acceptors (Lipinski definition) is 7.